The van der Waals surface area contributed by atoms with Crippen molar-refractivity contribution in [3.63, 3.8) is 0 Å². The molecule has 0 fully saturated rings. The van der Waals surface area contributed by atoms with E-state index in [2.05, 4.69) is 26.1 Å². The van der Waals surface area contributed by atoms with Crippen molar-refractivity contribution in [2.45, 2.75) is 103 Å². The second-order valence-electron chi connectivity index (χ2n) is 12.2. The Morgan fingerprint density at radius 2 is 1.50 bits per heavy atom. The third kappa shape index (κ3) is 14.2. The second kappa shape index (κ2) is 17.2. The van der Waals surface area contributed by atoms with Crippen molar-refractivity contribution < 1.29 is 38.1 Å². The summed E-state index contributed by atoms with van der Waals surface area (Å²) in [7, 11) is 3.42. The molecule has 0 spiro atoms. The van der Waals surface area contributed by atoms with E-state index in [1.54, 1.807) is 14.2 Å². The first-order valence-electron chi connectivity index (χ1n) is 14.4. The molecule has 1 heterocycles. The number of ether oxygens (including phenoxy) is 5. The number of hydrogen-bond donors (Lipinski definition) is 1. The molecule has 40 heavy (non-hydrogen) atoms. The molecule has 1 N–H and O–H groups in total. The average molecular weight is 571 g/mol. The Morgan fingerprint density at radius 3 is 2.08 bits per heavy atom. The lowest BCUT2D eigenvalue weighted by Gasteiger charge is -2.37. The maximum atomic E-state index is 12.1. The summed E-state index contributed by atoms with van der Waals surface area (Å²) in [5, 5.41) is 2.82. The fourth-order valence-corrected chi connectivity index (χ4v) is 3.99. The van der Waals surface area contributed by atoms with Crippen LogP contribution in [0.5, 0.6) is 0 Å². The maximum absolute atomic E-state index is 12.1. The van der Waals surface area contributed by atoms with Crippen LogP contribution in [0.15, 0.2) is 12.2 Å². The normalized spacial score (nSPS) is 16.1. The Hall–Kier alpha value is -1.85. The molecule has 10 nitrogen and oxygen atoms in total. The van der Waals surface area contributed by atoms with E-state index < -0.39 is 5.60 Å². The number of methoxy groups -OCH3 is 2. The summed E-state index contributed by atoms with van der Waals surface area (Å²) in [5.74, 6) is -0.883. The van der Waals surface area contributed by atoms with Crippen molar-refractivity contribution in [1.82, 2.24) is 10.2 Å². The summed E-state index contributed by atoms with van der Waals surface area (Å²) < 4.78 is 29.5. The van der Waals surface area contributed by atoms with Crippen molar-refractivity contribution in [3.05, 3.63) is 12.2 Å². The molecule has 0 aliphatic carbocycles. The van der Waals surface area contributed by atoms with E-state index in [4.69, 9.17) is 23.7 Å². The van der Waals surface area contributed by atoms with Crippen molar-refractivity contribution in [1.29, 1.82) is 0 Å². The zero-order valence-electron chi connectivity index (χ0n) is 26.3. The molecular weight excluding hydrogens is 516 g/mol. The third-order valence-corrected chi connectivity index (χ3v) is 7.56. The number of imide groups is 1. The molecule has 1 aliphatic rings. The molecule has 0 aromatic heterocycles. The number of nitrogens with one attached hydrogen (secondary N) is 1. The lowest BCUT2D eigenvalue weighted by Crippen LogP contribution is -2.41. The van der Waals surface area contributed by atoms with E-state index in [9.17, 15) is 14.4 Å². The van der Waals surface area contributed by atoms with Gasteiger partial charge in [0.15, 0.2) is 0 Å². The Bertz CT molecular complexity index is 807. The van der Waals surface area contributed by atoms with Gasteiger partial charge in [-0.15, -0.1) is 0 Å². The Labute approximate surface area is 241 Å². The highest BCUT2D eigenvalue weighted by molar-refractivity contribution is 6.13. The largest absolute Gasteiger partial charge is 0.381 e. The van der Waals surface area contributed by atoms with Crippen LogP contribution in [0.2, 0.25) is 0 Å². The van der Waals surface area contributed by atoms with Crippen LogP contribution in [-0.2, 0) is 38.1 Å². The summed E-state index contributed by atoms with van der Waals surface area (Å²) >= 11 is 0. The number of hydrogen-bond acceptors (Lipinski definition) is 8. The average Bonchev–Trinajstić information content (AvgIpc) is 3.20. The van der Waals surface area contributed by atoms with Gasteiger partial charge in [0.1, 0.15) is 0 Å². The number of carbonyl (C=O) groups is 3. The van der Waals surface area contributed by atoms with E-state index in [1.165, 1.54) is 12.2 Å². The summed E-state index contributed by atoms with van der Waals surface area (Å²) in [5.41, 5.74) is -0.928. The maximum Gasteiger partial charge on any atom is 0.253 e. The van der Waals surface area contributed by atoms with Gasteiger partial charge in [-0.25, -0.2) is 0 Å². The van der Waals surface area contributed by atoms with E-state index in [0.717, 1.165) is 24.2 Å². The van der Waals surface area contributed by atoms with E-state index >= 15 is 0 Å². The van der Waals surface area contributed by atoms with Gasteiger partial charge in [-0.1, -0.05) is 0 Å². The van der Waals surface area contributed by atoms with Gasteiger partial charge in [-0.2, -0.15) is 0 Å². The monoisotopic (exact) mass is 570 g/mol. The van der Waals surface area contributed by atoms with Crippen molar-refractivity contribution in [2.75, 3.05) is 53.7 Å². The van der Waals surface area contributed by atoms with Crippen LogP contribution in [0.3, 0.4) is 0 Å². The zero-order valence-corrected chi connectivity index (χ0v) is 26.3. The minimum absolute atomic E-state index is 0.0170. The molecule has 2 unspecified atom stereocenters. The van der Waals surface area contributed by atoms with Gasteiger partial charge in [0.2, 0.25) is 5.91 Å². The molecule has 3 amide bonds. The summed E-state index contributed by atoms with van der Waals surface area (Å²) in [6.45, 7) is 17.1. The molecule has 2 atom stereocenters. The lowest BCUT2D eigenvalue weighted by molar-refractivity contribution is -0.137. The Morgan fingerprint density at radius 1 is 0.925 bits per heavy atom. The fourth-order valence-electron chi connectivity index (χ4n) is 3.99. The molecule has 232 valence electrons. The van der Waals surface area contributed by atoms with E-state index in [0.29, 0.717) is 39.4 Å². The quantitative estimate of drug-likeness (QED) is 0.155. The standard InChI is InChI=1S/C30H54N2O8/c1-23(39-19-14-28(2,3)36-8)21-24(30(6,7)40-20-15-29(4,5)37-9)22-38-18-10-16-31-25(33)13-17-32-26(34)11-12-27(32)35/h11-12,23-24H,10,13-22H2,1-9H3,(H,31,33). The molecule has 0 saturated carbocycles. The van der Waals surface area contributed by atoms with E-state index in [-0.39, 0.29) is 53.9 Å². The molecule has 0 saturated heterocycles. The topological polar surface area (TPSA) is 113 Å². The van der Waals surface area contributed by atoms with Crippen LogP contribution in [0.25, 0.3) is 0 Å². The predicted molar refractivity (Wildman–Crippen MR) is 154 cm³/mol. The summed E-state index contributed by atoms with van der Waals surface area (Å²) in [6, 6.07) is 0. The van der Waals surface area contributed by atoms with Crippen LogP contribution in [-0.4, -0.2) is 99.3 Å². The molecule has 1 aliphatic heterocycles. The Balaban J connectivity index is 2.51. The minimum Gasteiger partial charge on any atom is -0.381 e. The zero-order chi connectivity index (χ0) is 30.4. The number of carbonyl (C=O) groups excluding carboxylic acids is 3. The first kappa shape index (κ1) is 36.2. The highest BCUT2D eigenvalue weighted by Crippen LogP contribution is 2.29. The molecule has 1 rings (SSSR count). The second-order valence-corrected chi connectivity index (χ2v) is 12.2. The highest BCUT2D eigenvalue weighted by Gasteiger charge is 2.33. The van der Waals surface area contributed by atoms with Crippen LogP contribution in [0.1, 0.15) is 80.6 Å². The molecule has 10 heteroatoms. The van der Waals surface area contributed by atoms with Gasteiger partial charge in [-0.05, 0) is 74.1 Å². The Kier molecular flexibility index (Phi) is 15.5. The van der Waals surface area contributed by atoms with Gasteiger partial charge >= 0.3 is 0 Å². The molecular formula is C30H54N2O8. The first-order valence-corrected chi connectivity index (χ1v) is 14.4. The number of nitrogens with zero attached hydrogens (tertiary/aromatic N) is 1. The minimum atomic E-state index is -0.444. The van der Waals surface area contributed by atoms with Crippen molar-refractivity contribution >= 4 is 17.7 Å². The van der Waals surface area contributed by atoms with Crippen molar-refractivity contribution in [3.8, 4) is 0 Å². The molecule has 0 aromatic rings. The van der Waals surface area contributed by atoms with Gasteiger partial charge in [0.25, 0.3) is 11.8 Å². The van der Waals surface area contributed by atoms with Crippen LogP contribution in [0, 0.1) is 5.92 Å². The van der Waals surface area contributed by atoms with Crippen LogP contribution in [0.4, 0.5) is 0 Å². The fraction of sp³-hybridized carbons (Fsp3) is 0.833. The molecule has 0 radical (unpaired) electrons. The van der Waals surface area contributed by atoms with Gasteiger partial charge < -0.3 is 29.0 Å². The SMILES string of the molecule is COC(C)(C)CCOC(C)CC(COCCCNC(=O)CCN1C(=O)C=CC1=O)C(C)(C)OCCC(C)(C)OC. The summed E-state index contributed by atoms with van der Waals surface area (Å²) in [4.78, 5) is 36.3. The van der Waals surface area contributed by atoms with Gasteiger partial charge in [0, 0.05) is 65.0 Å². The van der Waals surface area contributed by atoms with Crippen LogP contribution < -0.4 is 5.32 Å². The smallest absolute Gasteiger partial charge is 0.253 e. The highest BCUT2D eigenvalue weighted by atomic mass is 16.5. The number of amides is 3. The summed E-state index contributed by atoms with van der Waals surface area (Å²) in [6.07, 6.45) is 5.51. The third-order valence-electron chi connectivity index (χ3n) is 7.56. The number of rotatable bonds is 22. The molecule has 0 aromatic carbocycles. The van der Waals surface area contributed by atoms with Gasteiger partial charge in [-0.3, -0.25) is 19.3 Å². The van der Waals surface area contributed by atoms with Gasteiger partial charge in [0.05, 0.1) is 36.1 Å². The van der Waals surface area contributed by atoms with Crippen LogP contribution >= 0.6 is 0 Å². The molecule has 0 bridgehead atoms. The van der Waals surface area contributed by atoms with E-state index in [1.807, 2.05) is 27.7 Å². The first-order chi connectivity index (χ1) is 18.6. The van der Waals surface area contributed by atoms with Crippen molar-refractivity contribution in [2.24, 2.45) is 5.92 Å². The predicted octanol–water partition coefficient (Wildman–Crippen LogP) is 3.66. The lowest BCUT2D eigenvalue weighted by atomic mass is 9.86.